The fraction of sp³-hybridized carbons (Fsp3) is 0.161. The number of phenolic OH excluding ortho intramolecular Hbond substituents is 1. The molecule has 1 unspecified atom stereocenters. The number of nitrogens with zero attached hydrogens (tertiary/aromatic N) is 2. The average molecular weight is 572 g/mol. The topological polar surface area (TPSA) is 127 Å². The van der Waals surface area contributed by atoms with Crippen LogP contribution in [0.4, 0.5) is 19.0 Å². The molecule has 0 radical (unpaired) electrons. The van der Waals surface area contributed by atoms with Crippen LogP contribution in [0.2, 0.25) is 0 Å². The molecule has 1 saturated heterocycles. The number of amides is 2. The summed E-state index contributed by atoms with van der Waals surface area (Å²) in [5, 5.41) is 29.4. The Morgan fingerprint density at radius 1 is 0.952 bits per heavy atom. The number of anilines is 1. The van der Waals surface area contributed by atoms with E-state index in [0.29, 0.717) is 28.8 Å². The summed E-state index contributed by atoms with van der Waals surface area (Å²) in [5.74, 6) is -1.33. The molecule has 2 heterocycles. The summed E-state index contributed by atoms with van der Waals surface area (Å²) < 4.78 is 39.0. The van der Waals surface area contributed by atoms with Gasteiger partial charge < -0.3 is 21.1 Å². The number of phenols is 1. The Morgan fingerprint density at radius 3 is 2.38 bits per heavy atom. The maximum atomic E-state index is 13.1. The smallest absolute Gasteiger partial charge is 0.416 e. The number of halogens is 3. The van der Waals surface area contributed by atoms with Crippen LogP contribution in [-0.4, -0.2) is 41.0 Å². The van der Waals surface area contributed by atoms with Gasteiger partial charge in [-0.1, -0.05) is 24.3 Å². The van der Waals surface area contributed by atoms with Gasteiger partial charge in [0.1, 0.15) is 17.4 Å². The zero-order valence-corrected chi connectivity index (χ0v) is 22.0. The third-order valence-electron chi connectivity index (χ3n) is 6.85. The molecule has 1 atom stereocenters. The largest absolute Gasteiger partial charge is 0.507 e. The quantitative estimate of drug-likeness (QED) is 0.247. The van der Waals surface area contributed by atoms with Crippen molar-refractivity contribution in [2.45, 2.75) is 18.6 Å². The Bertz CT molecular complexity index is 1690. The predicted octanol–water partition coefficient (Wildman–Crippen LogP) is 5.36. The third-order valence-corrected chi connectivity index (χ3v) is 6.85. The van der Waals surface area contributed by atoms with E-state index >= 15 is 0 Å². The zero-order valence-electron chi connectivity index (χ0n) is 22.0. The van der Waals surface area contributed by atoms with Crippen LogP contribution >= 0.6 is 0 Å². The van der Waals surface area contributed by atoms with Gasteiger partial charge in [-0.15, -0.1) is 0 Å². The van der Waals surface area contributed by atoms with Gasteiger partial charge in [-0.05, 0) is 73.1 Å². The van der Waals surface area contributed by atoms with Crippen molar-refractivity contribution in [3.8, 4) is 34.2 Å². The van der Waals surface area contributed by atoms with Gasteiger partial charge >= 0.3 is 6.18 Å². The summed E-state index contributed by atoms with van der Waals surface area (Å²) in [7, 11) is 0. The summed E-state index contributed by atoms with van der Waals surface area (Å²) >= 11 is 0. The first-order valence-corrected chi connectivity index (χ1v) is 13.0. The predicted molar refractivity (Wildman–Crippen MR) is 150 cm³/mol. The summed E-state index contributed by atoms with van der Waals surface area (Å²) in [5.41, 5.74) is 0.674. The highest BCUT2D eigenvalue weighted by Crippen LogP contribution is 2.36. The van der Waals surface area contributed by atoms with Gasteiger partial charge in [-0.3, -0.25) is 9.59 Å². The highest BCUT2D eigenvalue weighted by atomic mass is 19.4. The molecule has 0 bridgehead atoms. The second kappa shape index (κ2) is 11.7. The first-order chi connectivity index (χ1) is 20.1. The lowest BCUT2D eigenvalue weighted by atomic mass is 9.96. The van der Waals surface area contributed by atoms with E-state index < -0.39 is 17.6 Å². The number of alkyl halides is 3. The molecule has 1 fully saturated rings. The van der Waals surface area contributed by atoms with E-state index in [4.69, 9.17) is 0 Å². The van der Waals surface area contributed by atoms with E-state index in [-0.39, 0.29) is 40.3 Å². The number of para-hydroxylation sites is 1. The van der Waals surface area contributed by atoms with Crippen molar-refractivity contribution < 1.29 is 27.9 Å². The van der Waals surface area contributed by atoms with Gasteiger partial charge in [0.05, 0.1) is 11.3 Å². The summed E-state index contributed by atoms with van der Waals surface area (Å²) in [4.78, 5) is 30.4. The van der Waals surface area contributed by atoms with E-state index in [1.807, 2.05) is 0 Å². The molecule has 1 aromatic heterocycles. The zero-order chi connectivity index (χ0) is 29.9. The lowest BCUT2D eigenvalue weighted by molar-refractivity contribution is -0.137. The number of carbonyl (C=O) groups excluding carboxylic acids is 2. The normalized spacial score (nSPS) is 14.7. The number of hydrogen-bond acceptors (Lipinski definition) is 6. The van der Waals surface area contributed by atoms with Crippen molar-refractivity contribution in [3.05, 3.63) is 101 Å². The van der Waals surface area contributed by atoms with Crippen LogP contribution in [0.3, 0.4) is 0 Å². The lowest BCUT2D eigenvalue weighted by Crippen LogP contribution is -2.36. The van der Waals surface area contributed by atoms with E-state index in [2.05, 4.69) is 27.0 Å². The van der Waals surface area contributed by atoms with Gasteiger partial charge in [-0.2, -0.15) is 18.4 Å². The second-order valence-electron chi connectivity index (χ2n) is 9.68. The van der Waals surface area contributed by atoms with Crippen LogP contribution in [0.5, 0.6) is 5.75 Å². The molecular formula is C31H24F3N5O3. The van der Waals surface area contributed by atoms with Crippen LogP contribution in [-0.2, 0) is 6.18 Å². The number of nitriles is 1. The monoisotopic (exact) mass is 571 g/mol. The number of hydrogen-bond donors (Lipinski definition) is 4. The number of carbonyl (C=O) groups is 2. The molecule has 4 aromatic rings. The number of nitrogens with one attached hydrogen (secondary N) is 3. The van der Waals surface area contributed by atoms with Crippen LogP contribution in [0.25, 0.3) is 22.4 Å². The van der Waals surface area contributed by atoms with Gasteiger partial charge in [0.25, 0.3) is 11.8 Å². The van der Waals surface area contributed by atoms with Gasteiger partial charge in [0, 0.05) is 34.8 Å². The first kappa shape index (κ1) is 28.3. The molecule has 0 spiro atoms. The maximum Gasteiger partial charge on any atom is 0.416 e. The molecule has 3 aromatic carbocycles. The molecule has 1 aliphatic rings. The van der Waals surface area contributed by atoms with Crippen molar-refractivity contribution in [2.24, 2.45) is 0 Å². The molecule has 0 aliphatic carbocycles. The molecule has 1 aliphatic heterocycles. The molecule has 11 heteroatoms. The van der Waals surface area contributed by atoms with Crippen molar-refractivity contribution in [3.63, 3.8) is 0 Å². The highest BCUT2D eigenvalue weighted by Gasteiger charge is 2.30. The third kappa shape index (κ3) is 6.09. The fourth-order valence-corrected chi connectivity index (χ4v) is 4.67. The lowest BCUT2D eigenvalue weighted by Gasteiger charge is -2.15. The van der Waals surface area contributed by atoms with Gasteiger partial charge in [-0.25, -0.2) is 4.98 Å². The minimum Gasteiger partial charge on any atom is -0.507 e. The van der Waals surface area contributed by atoms with Crippen molar-refractivity contribution in [1.82, 2.24) is 15.6 Å². The average Bonchev–Trinajstić information content (AvgIpc) is 3.50. The molecule has 42 heavy (non-hydrogen) atoms. The second-order valence-corrected chi connectivity index (χ2v) is 9.68. The molecule has 5 rings (SSSR count). The Labute approximate surface area is 238 Å². The standard InChI is InChI=1S/C31H24F3N5O3/c32-31(33,34)21-10-8-18(9-11-21)29(41)39-28-25(16-35)24(15-26(38-28)23-6-1-2-7-27(23)40)19-4-3-5-20(14-19)30(42)37-22-12-13-36-17-22/h1-11,14-15,22,36,40H,12-13,17H2,(H,37,42)(H,38,39,41). The van der Waals surface area contributed by atoms with E-state index in [0.717, 1.165) is 37.2 Å². The van der Waals surface area contributed by atoms with Crippen molar-refractivity contribution in [1.29, 1.82) is 5.26 Å². The fourth-order valence-electron chi connectivity index (χ4n) is 4.67. The first-order valence-electron chi connectivity index (χ1n) is 13.0. The van der Waals surface area contributed by atoms with Crippen LogP contribution < -0.4 is 16.0 Å². The number of aromatic hydroxyl groups is 1. The molecular weight excluding hydrogens is 547 g/mol. The van der Waals surface area contributed by atoms with Crippen LogP contribution in [0, 0.1) is 11.3 Å². The van der Waals surface area contributed by atoms with E-state index in [1.54, 1.807) is 48.5 Å². The Morgan fingerprint density at radius 2 is 1.71 bits per heavy atom. The molecule has 0 saturated carbocycles. The molecule has 2 amide bonds. The van der Waals surface area contributed by atoms with Crippen molar-refractivity contribution >= 4 is 17.6 Å². The molecule has 4 N–H and O–H groups in total. The Balaban J connectivity index is 1.56. The van der Waals surface area contributed by atoms with Gasteiger partial charge in [0.15, 0.2) is 5.82 Å². The minimum atomic E-state index is -4.56. The maximum absolute atomic E-state index is 13.1. The Kier molecular flexibility index (Phi) is 7.91. The van der Waals surface area contributed by atoms with Crippen LogP contribution in [0.15, 0.2) is 78.9 Å². The van der Waals surface area contributed by atoms with E-state index in [1.165, 1.54) is 6.07 Å². The number of rotatable bonds is 6. The molecule has 212 valence electrons. The summed E-state index contributed by atoms with van der Waals surface area (Å²) in [6.07, 6.45) is -3.76. The van der Waals surface area contributed by atoms with Gasteiger partial charge in [0.2, 0.25) is 0 Å². The highest BCUT2D eigenvalue weighted by molar-refractivity contribution is 6.05. The summed E-state index contributed by atoms with van der Waals surface area (Å²) in [6, 6.07) is 20.2. The number of aromatic nitrogens is 1. The Hall–Kier alpha value is -5.21. The molecule has 8 nitrogen and oxygen atoms in total. The van der Waals surface area contributed by atoms with Crippen LogP contribution in [0.1, 0.15) is 38.3 Å². The van der Waals surface area contributed by atoms with Crippen molar-refractivity contribution in [2.75, 3.05) is 18.4 Å². The van der Waals surface area contributed by atoms with E-state index in [9.17, 15) is 33.1 Å². The number of pyridine rings is 1. The SMILES string of the molecule is N#Cc1c(-c2cccc(C(=O)NC3CCNC3)c2)cc(-c2ccccc2O)nc1NC(=O)c1ccc(C(F)(F)F)cc1. The summed E-state index contributed by atoms with van der Waals surface area (Å²) in [6.45, 7) is 1.48. The number of benzene rings is 3. The minimum absolute atomic E-state index is 0.00331.